The van der Waals surface area contributed by atoms with Gasteiger partial charge in [0.2, 0.25) is 0 Å². The molecule has 0 aliphatic carbocycles. The van der Waals surface area contributed by atoms with E-state index in [1.807, 2.05) is 36.4 Å². The highest BCUT2D eigenvalue weighted by Gasteiger charge is 2.51. The molecule has 2 heterocycles. The van der Waals surface area contributed by atoms with Crippen LogP contribution in [0.2, 0.25) is 0 Å². The first-order chi connectivity index (χ1) is 15.0. The molecule has 1 aliphatic rings. The van der Waals surface area contributed by atoms with E-state index in [4.69, 9.17) is 9.26 Å². The van der Waals surface area contributed by atoms with Gasteiger partial charge in [-0.15, -0.1) is 0 Å². The van der Waals surface area contributed by atoms with E-state index in [9.17, 15) is 14.4 Å². The van der Waals surface area contributed by atoms with Gasteiger partial charge in [0.25, 0.3) is 5.91 Å². The molecular weight excluding hydrogens is 398 g/mol. The van der Waals surface area contributed by atoms with E-state index in [1.165, 1.54) is 0 Å². The van der Waals surface area contributed by atoms with Crippen molar-refractivity contribution < 1.29 is 23.6 Å². The lowest BCUT2D eigenvalue weighted by Crippen LogP contribution is -2.43. The lowest BCUT2D eigenvalue weighted by Gasteiger charge is -2.25. The van der Waals surface area contributed by atoms with E-state index in [0.29, 0.717) is 23.4 Å². The highest BCUT2D eigenvalue weighted by molar-refractivity contribution is 6.09. The Balaban J connectivity index is 1.39. The van der Waals surface area contributed by atoms with E-state index in [-0.39, 0.29) is 6.61 Å². The van der Waals surface area contributed by atoms with Gasteiger partial charge in [-0.1, -0.05) is 72.7 Å². The van der Waals surface area contributed by atoms with E-state index in [2.05, 4.69) is 10.5 Å². The van der Waals surface area contributed by atoms with Crippen molar-refractivity contribution >= 4 is 17.9 Å². The minimum absolute atomic E-state index is 0.153. The molecule has 1 aliphatic heterocycles. The first-order valence-corrected chi connectivity index (χ1v) is 9.90. The van der Waals surface area contributed by atoms with Crippen LogP contribution < -0.4 is 5.32 Å². The van der Waals surface area contributed by atoms with E-state index < -0.39 is 30.0 Å². The van der Waals surface area contributed by atoms with Gasteiger partial charge in [0, 0.05) is 11.6 Å². The van der Waals surface area contributed by atoms with Crippen molar-refractivity contribution in [1.29, 1.82) is 0 Å². The third-order valence-electron chi connectivity index (χ3n) is 5.26. The van der Waals surface area contributed by atoms with Crippen molar-refractivity contribution in [2.24, 2.45) is 0 Å². The minimum atomic E-state index is -1.19. The number of nitrogens with zero attached hydrogens (tertiary/aromatic N) is 2. The molecule has 0 spiro atoms. The molecule has 1 saturated heterocycles. The van der Waals surface area contributed by atoms with Crippen LogP contribution in [0.5, 0.6) is 0 Å². The molecule has 31 heavy (non-hydrogen) atoms. The second-order valence-electron chi connectivity index (χ2n) is 7.15. The lowest BCUT2D eigenvalue weighted by molar-refractivity contribution is -0.149. The van der Waals surface area contributed by atoms with Gasteiger partial charge in [-0.3, -0.25) is 14.5 Å². The first kappa shape index (κ1) is 20.3. The topological polar surface area (TPSA) is 102 Å². The second kappa shape index (κ2) is 8.43. The third kappa shape index (κ3) is 3.92. The zero-order chi connectivity index (χ0) is 21.8. The van der Waals surface area contributed by atoms with Crippen LogP contribution in [-0.2, 0) is 26.5 Å². The maximum absolute atomic E-state index is 13.0. The molecule has 8 heteroatoms. The van der Waals surface area contributed by atoms with Crippen molar-refractivity contribution in [1.82, 2.24) is 15.4 Å². The SMILES string of the molecule is CCC1(c2ccccc2)NC(=O)N(CC(=O)OCc2cc(-c3ccccc3)no2)C1=O. The summed E-state index contributed by atoms with van der Waals surface area (Å²) in [6.07, 6.45) is 0.355. The van der Waals surface area contributed by atoms with Gasteiger partial charge >= 0.3 is 12.0 Å². The Morgan fingerprint density at radius 1 is 1.10 bits per heavy atom. The number of hydrogen-bond donors (Lipinski definition) is 1. The summed E-state index contributed by atoms with van der Waals surface area (Å²) in [4.78, 5) is 38.7. The summed E-state index contributed by atoms with van der Waals surface area (Å²) in [5.41, 5.74) is 0.979. The minimum Gasteiger partial charge on any atom is -0.456 e. The fourth-order valence-corrected chi connectivity index (χ4v) is 3.58. The van der Waals surface area contributed by atoms with Gasteiger partial charge in [0.1, 0.15) is 17.8 Å². The molecule has 0 radical (unpaired) electrons. The van der Waals surface area contributed by atoms with Crippen molar-refractivity contribution in [2.45, 2.75) is 25.5 Å². The summed E-state index contributed by atoms with van der Waals surface area (Å²) >= 11 is 0. The van der Waals surface area contributed by atoms with E-state index in [1.54, 1.807) is 37.3 Å². The Morgan fingerprint density at radius 3 is 2.45 bits per heavy atom. The fraction of sp³-hybridized carbons (Fsp3) is 0.217. The summed E-state index contributed by atoms with van der Waals surface area (Å²) in [5.74, 6) is -0.841. The molecule has 0 saturated carbocycles. The number of rotatable bonds is 7. The molecule has 1 N–H and O–H groups in total. The van der Waals surface area contributed by atoms with Crippen molar-refractivity contribution in [2.75, 3.05) is 6.54 Å². The summed E-state index contributed by atoms with van der Waals surface area (Å²) in [6, 6.07) is 19.5. The number of carbonyl (C=O) groups is 3. The van der Waals surface area contributed by atoms with Crippen LogP contribution >= 0.6 is 0 Å². The molecule has 0 bridgehead atoms. The maximum Gasteiger partial charge on any atom is 0.326 e. The van der Waals surface area contributed by atoms with Gasteiger partial charge in [0.05, 0.1) is 0 Å². The number of imide groups is 1. The molecule has 1 unspecified atom stereocenters. The molecule has 3 amide bonds. The number of aromatic nitrogens is 1. The average molecular weight is 419 g/mol. The Morgan fingerprint density at radius 2 is 1.77 bits per heavy atom. The number of hydrogen-bond acceptors (Lipinski definition) is 6. The molecule has 2 aromatic carbocycles. The third-order valence-corrected chi connectivity index (χ3v) is 5.26. The van der Waals surface area contributed by atoms with Crippen LogP contribution in [0.1, 0.15) is 24.7 Å². The smallest absolute Gasteiger partial charge is 0.326 e. The van der Waals surface area contributed by atoms with Gasteiger partial charge in [-0.25, -0.2) is 4.79 Å². The van der Waals surface area contributed by atoms with Crippen molar-refractivity contribution in [3.05, 3.63) is 78.1 Å². The van der Waals surface area contributed by atoms with Crippen LogP contribution in [0, 0.1) is 0 Å². The zero-order valence-corrected chi connectivity index (χ0v) is 16.9. The normalized spacial score (nSPS) is 18.2. The second-order valence-corrected chi connectivity index (χ2v) is 7.15. The van der Waals surface area contributed by atoms with E-state index in [0.717, 1.165) is 10.5 Å². The van der Waals surface area contributed by atoms with Gasteiger partial charge < -0.3 is 14.6 Å². The molecule has 3 aromatic rings. The van der Waals surface area contributed by atoms with Gasteiger partial charge in [-0.05, 0) is 12.0 Å². The van der Waals surface area contributed by atoms with E-state index >= 15 is 0 Å². The highest BCUT2D eigenvalue weighted by Crippen LogP contribution is 2.32. The predicted octanol–water partition coefficient (Wildman–Crippen LogP) is 3.24. The van der Waals surface area contributed by atoms with Crippen LogP contribution in [-0.4, -0.2) is 34.5 Å². The van der Waals surface area contributed by atoms with Crippen LogP contribution in [0.25, 0.3) is 11.3 Å². The number of urea groups is 1. The van der Waals surface area contributed by atoms with Gasteiger partial charge in [0.15, 0.2) is 12.4 Å². The molecule has 1 aromatic heterocycles. The lowest BCUT2D eigenvalue weighted by atomic mass is 9.87. The number of esters is 1. The number of ether oxygens (including phenoxy) is 1. The van der Waals surface area contributed by atoms with Crippen molar-refractivity contribution in [3.63, 3.8) is 0 Å². The molecule has 1 atom stereocenters. The summed E-state index contributed by atoms with van der Waals surface area (Å²) in [7, 11) is 0. The summed E-state index contributed by atoms with van der Waals surface area (Å²) in [5, 5.41) is 6.70. The Hall–Kier alpha value is -3.94. The average Bonchev–Trinajstić information content (AvgIpc) is 3.38. The molecule has 158 valence electrons. The Labute approximate surface area is 178 Å². The summed E-state index contributed by atoms with van der Waals surface area (Å²) in [6.45, 7) is 1.17. The molecule has 1 fully saturated rings. The van der Waals surface area contributed by atoms with Crippen LogP contribution in [0.15, 0.2) is 71.3 Å². The number of benzene rings is 2. The number of carbonyl (C=O) groups excluding carboxylic acids is 3. The zero-order valence-electron chi connectivity index (χ0n) is 16.9. The Bertz CT molecular complexity index is 1100. The van der Waals surface area contributed by atoms with Crippen LogP contribution in [0.3, 0.4) is 0 Å². The molecular formula is C23H21N3O5. The Kier molecular flexibility index (Phi) is 5.53. The molecule has 4 rings (SSSR count). The fourth-order valence-electron chi connectivity index (χ4n) is 3.58. The summed E-state index contributed by atoms with van der Waals surface area (Å²) < 4.78 is 10.4. The quantitative estimate of drug-likeness (QED) is 0.466. The predicted molar refractivity (Wildman–Crippen MR) is 110 cm³/mol. The van der Waals surface area contributed by atoms with Crippen LogP contribution in [0.4, 0.5) is 4.79 Å². The monoisotopic (exact) mass is 419 g/mol. The number of nitrogens with one attached hydrogen (secondary N) is 1. The standard InChI is InChI=1S/C23H21N3O5/c1-2-23(17-11-7-4-8-12-17)21(28)26(22(29)24-23)14-20(27)30-15-18-13-19(25-31-18)16-9-5-3-6-10-16/h3-13H,2,14-15H2,1H3,(H,24,29). The molecule has 8 nitrogen and oxygen atoms in total. The highest BCUT2D eigenvalue weighted by atomic mass is 16.5. The maximum atomic E-state index is 13.0. The van der Waals surface area contributed by atoms with Crippen molar-refractivity contribution in [3.8, 4) is 11.3 Å². The largest absolute Gasteiger partial charge is 0.456 e. The number of amides is 3. The van der Waals surface area contributed by atoms with Gasteiger partial charge in [-0.2, -0.15) is 0 Å². The first-order valence-electron chi connectivity index (χ1n) is 9.90.